The van der Waals surface area contributed by atoms with Crippen molar-refractivity contribution in [1.29, 1.82) is 0 Å². The molecule has 0 aromatic rings. The third-order valence-electron chi connectivity index (χ3n) is 4.33. The zero-order valence-electron chi connectivity index (χ0n) is 12.5. The largest absolute Gasteiger partial charge is 0.311 e. The minimum absolute atomic E-state index is 0.684. The Hall–Kier alpha value is -0.0800. The van der Waals surface area contributed by atoms with E-state index in [9.17, 15) is 0 Å². The monoisotopic (exact) mass is 240 g/mol. The Morgan fingerprint density at radius 1 is 1.18 bits per heavy atom. The van der Waals surface area contributed by atoms with Gasteiger partial charge in [-0.05, 0) is 25.2 Å². The standard InChI is InChI=1S/C15H32N2/c1-6-9-14-10-16-15(12(4)5)11-17(14)13(7-2)8-3/h12-16H,6-11H2,1-5H3. The molecule has 1 heterocycles. The molecule has 0 bridgehead atoms. The highest BCUT2D eigenvalue weighted by molar-refractivity contribution is 4.90. The molecule has 1 saturated heterocycles. The highest BCUT2D eigenvalue weighted by Gasteiger charge is 2.31. The molecular formula is C15H32N2. The van der Waals surface area contributed by atoms with Gasteiger partial charge in [-0.15, -0.1) is 0 Å². The van der Waals surface area contributed by atoms with Gasteiger partial charge in [0.05, 0.1) is 0 Å². The van der Waals surface area contributed by atoms with Crippen LogP contribution in [0.3, 0.4) is 0 Å². The van der Waals surface area contributed by atoms with Gasteiger partial charge in [0.1, 0.15) is 0 Å². The quantitative estimate of drug-likeness (QED) is 0.766. The topological polar surface area (TPSA) is 15.3 Å². The third-order valence-corrected chi connectivity index (χ3v) is 4.33. The van der Waals surface area contributed by atoms with Crippen molar-refractivity contribution >= 4 is 0 Å². The summed E-state index contributed by atoms with van der Waals surface area (Å²) in [6, 6.07) is 2.23. The van der Waals surface area contributed by atoms with Crippen LogP contribution in [0.1, 0.15) is 60.3 Å². The van der Waals surface area contributed by atoms with Crippen LogP contribution in [0.15, 0.2) is 0 Å². The maximum atomic E-state index is 3.74. The molecule has 17 heavy (non-hydrogen) atoms. The molecule has 1 rings (SSSR count). The maximum absolute atomic E-state index is 3.74. The van der Waals surface area contributed by atoms with Crippen LogP contribution < -0.4 is 5.32 Å². The Morgan fingerprint density at radius 3 is 2.29 bits per heavy atom. The van der Waals surface area contributed by atoms with Crippen molar-refractivity contribution in [2.24, 2.45) is 5.92 Å². The van der Waals surface area contributed by atoms with E-state index in [0.29, 0.717) is 6.04 Å². The average Bonchev–Trinajstić information content (AvgIpc) is 2.32. The van der Waals surface area contributed by atoms with E-state index in [0.717, 1.165) is 18.0 Å². The van der Waals surface area contributed by atoms with Crippen LogP contribution >= 0.6 is 0 Å². The highest BCUT2D eigenvalue weighted by atomic mass is 15.3. The molecule has 0 spiro atoms. The summed E-state index contributed by atoms with van der Waals surface area (Å²) in [4.78, 5) is 2.80. The lowest BCUT2D eigenvalue weighted by molar-refractivity contribution is 0.0602. The van der Waals surface area contributed by atoms with Gasteiger partial charge in [-0.25, -0.2) is 0 Å². The number of nitrogens with one attached hydrogen (secondary N) is 1. The maximum Gasteiger partial charge on any atom is 0.0224 e. The zero-order valence-corrected chi connectivity index (χ0v) is 12.5. The van der Waals surface area contributed by atoms with Crippen LogP contribution in [0.25, 0.3) is 0 Å². The first-order chi connectivity index (χ1) is 8.13. The molecule has 0 saturated carbocycles. The second kappa shape index (κ2) is 7.38. The van der Waals surface area contributed by atoms with E-state index in [2.05, 4.69) is 44.8 Å². The van der Waals surface area contributed by atoms with Crippen LogP contribution in [0.5, 0.6) is 0 Å². The van der Waals surface area contributed by atoms with E-state index in [1.165, 1.54) is 38.8 Å². The van der Waals surface area contributed by atoms with Crippen molar-refractivity contribution in [3.05, 3.63) is 0 Å². The molecule has 0 aromatic heterocycles. The van der Waals surface area contributed by atoms with E-state index < -0.39 is 0 Å². The molecular weight excluding hydrogens is 208 g/mol. The second-order valence-electron chi connectivity index (χ2n) is 5.87. The van der Waals surface area contributed by atoms with Crippen molar-refractivity contribution in [1.82, 2.24) is 10.2 Å². The summed E-state index contributed by atoms with van der Waals surface area (Å²) in [5, 5.41) is 3.74. The normalized spacial score (nSPS) is 27.0. The Labute approximate surface area is 108 Å². The molecule has 1 aliphatic heterocycles. The second-order valence-corrected chi connectivity index (χ2v) is 5.87. The van der Waals surface area contributed by atoms with Crippen molar-refractivity contribution in [3.63, 3.8) is 0 Å². The first kappa shape index (κ1) is 15.0. The molecule has 102 valence electrons. The van der Waals surface area contributed by atoms with Gasteiger partial charge in [0.25, 0.3) is 0 Å². The smallest absolute Gasteiger partial charge is 0.0224 e. The number of hydrogen-bond acceptors (Lipinski definition) is 2. The van der Waals surface area contributed by atoms with Gasteiger partial charge in [-0.3, -0.25) is 4.90 Å². The number of rotatable bonds is 6. The summed E-state index contributed by atoms with van der Waals surface area (Å²) in [7, 11) is 0. The number of nitrogens with zero attached hydrogens (tertiary/aromatic N) is 1. The predicted octanol–water partition coefficient (Wildman–Crippen LogP) is 3.27. The third kappa shape index (κ3) is 3.96. The molecule has 1 N–H and O–H groups in total. The molecule has 0 amide bonds. The SMILES string of the molecule is CCCC1CNC(C(C)C)CN1C(CC)CC. The lowest BCUT2D eigenvalue weighted by atomic mass is 9.94. The Kier molecular flexibility index (Phi) is 6.50. The van der Waals surface area contributed by atoms with Gasteiger partial charge in [-0.1, -0.05) is 41.0 Å². The molecule has 1 aliphatic rings. The molecule has 1 fully saturated rings. The van der Waals surface area contributed by atoms with Gasteiger partial charge >= 0.3 is 0 Å². The summed E-state index contributed by atoms with van der Waals surface area (Å²) < 4.78 is 0. The summed E-state index contributed by atoms with van der Waals surface area (Å²) in [6.07, 6.45) is 5.23. The Bertz CT molecular complexity index is 199. The average molecular weight is 240 g/mol. The first-order valence-electron chi connectivity index (χ1n) is 7.63. The lowest BCUT2D eigenvalue weighted by Gasteiger charge is -2.45. The van der Waals surface area contributed by atoms with E-state index in [1.807, 2.05) is 0 Å². The van der Waals surface area contributed by atoms with Crippen LogP contribution in [0, 0.1) is 5.92 Å². The van der Waals surface area contributed by atoms with E-state index in [-0.39, 0.29) is 0 Å². The van der Waals surface area contributed by atoms with Crippen LogP contribution in [0.2, 0.25) is 0 Å². The molecule has 2 unspecified atom stereocenters. The molecule has 0 radical (unpaired) electrons. The van der Waals surface area contributed by atoms with E-state index >= 15 is 0 Å². The summed E-state index contributed by atoms with van der Waals surface area (Å²) in [6.45, 7) is 14.1. The van der Waals surface area contributed by atoms with Crippen molar-refractivity contribution in [3.8, 4) is 0 Å². The van der Waals surface area contributed by atoms with Crippen LogP contribution in [-0.4, -0.2) is 36.1 Å². The van der Waals surface area contributed by atoms with Crippen LogP contribution in [-0.2, 0) is 0 Å². The molecule has 2 atom stereocenters. The Balaban J connectivity index is 2.67. The molecule has 0 aromatic carbocycles. The Morgan fingerprint density at radius 2 is 1.82 bits per heavy atom. The van der Waals surface area contributed by atoms with Gasteiger partial charge in [0, 0.05) is 31.2 Å². The van der Waals surface area contributed by atoms with Gasteiger partial charge in [0.15, 0.2) is 0 Å². The van der Waals surface area contributed by atoms with Crippen molar-refractivity contribution in [2.75, 3.05) is 13.1 Å². The number of hydrogen-bond donors (Lipinski definition) is 1. The van der Waals surface area contributed by atoms with Crippen LogP contribution in [0.4, 0.5) is 0 Å². The van der Waals surface area contributed by atoms with Crippen molar-refractivity contribution < 1.29 is 0 Å². The summed E-state index contributed by atoms with van der Waals surface area (Å²) in [5.41, 5.74) is 0. The summed E-state index contributed by atoms with van der Waals surface area (Å²) in [5.74, 6) is 0.745. The minimum Gasteiger partial charge on any atom is -0.311 e. The fourth-order valence-corrected chi connectivity index (χ4v) is 3.10. The minimum atomic E-state index is 0.684. The zero-order chi connectivity index (χ0) is 12.8. The number of piperazine rings is 1. The molecule has 2 heteroatoms. The fourth-order valence-electron chi connectivity index (χ4n) is 3.10. The van der Waals surface area contributed by atoms with Gasteiger partial charge < -0.3 is 5.32 Å². The van der Waals surface area contributed by atoms with Gasteiger partial charge in [0.2, 0.25) is 0 Å². The molecule has 2 nitrogen and oxygen atoms in total. The highest BCUT2D eigenvalue weighted by Crippen LogP contribution is 2.21. The predicted molar refractivity (Wildman–Crippen MR) is 76.4 cm³/mol. The lowest BCUT2D eigenvalue weighted by Crippen LogP contribution is -2.60. The fraction of sp³-hybridized carbons (Fsp3) is 1.00. The van der Waals surface area contributed by atoms with Crippen molar-refractivity contribution in [2.45, 2.75) is 78.4 Å². The summed E-state index contributed by atoms with van der Waals surface area (Å²) >= 11 is 0. The van der Waals surface area contributed by atoms with E-state index in [4.69, 9.17) is 0 Å². The first-order valence-corrected chi connectivity index (χ1v) is 7.63. The molecule has 0 aliphatic carbocycles. The van der Waals surface area contributed by atoms with Gasteiger partial charge in [-0.2, -0.15) is 0 Å². The van der Waals surface area contributed by atoms with E-state index in [1.54, 1.807) is 0 Å².